The highest BCUT2D eigenvalue weighted by molar-refractivity contribution is 5.88. The fraction of sp³-hybridized carbons (Fsp3) is 0.182. The standard InChI is InChI=1S/C11H10F2N4O2/c1-17-5-15-9(16-17)4-14-10-7(12)2-6(11(18)19)3-8(10)13/h2-3,5,14H,4H2,1H3,(H,18,19). The largest absolute Gasteiger partial charge is 0.478 e. The van der Waals surface area contributed by atoms with Crippen molar-refractivity contribution >= 4 is 11.7 Å². The van der Waals surface area contributed by atoms with Gasteiger partial charge in [0.05, 0.1) is 12.1 Å². The summed E-state index contributed by atoms with van der Waals surface area (Å²) in [6.07, 6.45) is 1.46. The highest BCUT2D eigenvalue weighted by Crippen LogP contribution is 2.21. The maximum absolute atomic E-state index is 13.6. The quantitative estimate of drug-likeness (QED) is 0.876. The third kappa shape index (κ3) is 2.84. The molecule has 100 valence electrons. The number of aromatic nitrogens is 3. The van der Waals surface area contributed by atoms with Gasteiger partial charge in [-0.05, 0) is 12.1 Å². The Bertz CT molecular complexity index is 604. The van der Waals surface area contributed by atoms with E-state index < -0.39 is 28.9 Å². The molecule has 0 aliphatic rings. The Labute approximate surface area is 106 Å². The van der Waals surface area contributed by atoms with Gasteiger partial charge < -0.3 is 10.4 Å². The van der Waals surface area contributed by atoms with E-state index in [1.54, 1.807) is 7.05 Å². The average Bonchev–Trinajstić information content (AvgIpc) is 2.73. The summed E-state index contributed by atoms with van der Waals surface area (Å²) in [5.74, 6) is -2.99. The van der Waals surface area contributed by atoms with Crippen molar-refractivity contribution in [2.75, 3.05) is 5.32 Å². The van der Waals surface area contributed by atoms with E-state index in [0.29, 0.717) is 5.82 Å². The number of aromatic carboxylic acids is 1. The van der Waals surface area contributed by atoms with E-state index in [1.807, 2.05) is 0 Å². The van der Waals surface area contributed by atoms with E-state index in [0.717, 1.165) is 12.1 Å². The molecular weight excluding hydrogens is 258 g/mol. The van der Waals surface area contributed by atoms with Gasteiger partial charge in [0.15, 0.2) is 5.82 Å². The van der Waals surface area contributed by atoms with Crippen LogP contribution in [0.25, 0.3) is 0 Å². The zero-order valence-corrected chi connectivity index (χ0v) is 9.89. The molecule has 8 heteroatoms. The zero-order valence-electron chi connectivity index (χ0n) is 9.89. The molecule has 0 amide bonds. The second-order valence-electron chi connectivity index (χ2n) is 3.81. The summed E-state index contributed by atoms with van der Waals surface area (Å²) in [7, 11) is 1.67. The van der Waals surface area contributed by atoms with Crippen LogP contribution in [-0.2, 0) is 13.6 Å². The van der Waals surface area contributed by atoms with Crippen molar-refractivity contribution in [2.24, 2.45) is 7.05 Å². The van der Waals surface area contributed by atoms with E-state index in [1.165, 1.54) is 11.0 Å². The fourth-order valence-corrected chi connectivity index (χ4v) is 1.50. The van der Waals surface area contributed by atoms with Crippen LogP contribution in [0.2, 0.25) is 0 Å². The number of benzene rings is 1. The molecule has 0 aliphatic carbocycles. The van der Waals surface area contributed by atoms with Crippen molar-refractivity contribution in [1.82, 2.24) is 14.8 Å². The van der Waals surface area contributed by atoms with Crippen LogP contribution in [0.3, 0.4) is 0 Å². The number of carboxylic acid groups (broad SMARTS) is 1. The monoisotopic (exact) mass is 268 g/mol. The van der Waals surface area contributed by atoms with Gasteiger partial charge in [0.1, 0.15) is 23.6 Å². The van der Waals surface area contributed by atoms with Crippen molar-refractivity contribution in [3.05, 3.63) is 41.5 Å². The Morgan fingerprint density at radius 2 is 2.05 bits per heavy atom. The van der Waals surface area contributed by atoms with Gasteiger partial charge in [-0.2, -0.15) is 5.10 Å². The number of hydrogen-bond donors (Lipinski definition) is 2. The molecule has 0 bridgehead atoms. The smallest absolute Gasteiger partial charge is 0.335 e. The molecule has 0 unspecified atom stereocenters. The second kappa shape index (κ2) is 5.01. The summed E-state index contributed by atoms with van der Waals surface area (Å²) in [5, 5.41) is 15.1. The number of hydrogen-bond acceptors (Lipinski definition) is 4. The van der Waals surface area contributed by atoms with Gasteiger partial charge >= 0.3 is 5.97 Å². The highest BCUT2D eigenvalue weighted by Gasteiger charge is 2.14. The first-order chi connectivity index (χ1) is 8.97. The number of carbonyl (C=O) groups is 1. The first-order valence-electron chi connectivity index (χ1n) is 5.28. The molecule has 1 heterocycles. The van der Waals surface area contributed by atoms with Crippen molar-refractivity contribution in [2.45, 2.75) is 6.54 Å². The molecular formula is C11H10F2N4O2. The van der Waals surface area contributed by atoms with Crippen LogP contribution < -0.4 is 5.32 Å². The molecule has 0 radical (unpaired) electrons. The number of nitrogens with zero attached hydrogens (tertiary/aromatic N) is 3. The second-order valence-corrected chi connectivity index (χ2v) is 3.81. The molecule has 0 saturated heterocycles. The van der Waals surface area contributed by atoms with Crippen LogP contribution in [0.15, 0.2) is 18.5 Å². The van der Waals surface area contributed by atoms with Crippen molar-refractivity contribution in [1.29, 1.82) is 0 Å². The minimum absolute atomic E-state index is 0.0289. The molecule has 6 nitrogen and oxygen atoms in total. The molecule has 2 rings (SSSR count). The summed E-state index contributed by atoms with van der Waals surface area (Å²) >= 11 is 0. The van der Waals surface area contributed by atoms with Crippen molar-refractivity contribution in [3.63, 3.8) is 0 Å². The van der Waals surface area contributed by atoms with Gasteiger partial charge in [0, 0.05) is 7.05 Å². The van der Waals surface area contributed by atoms with E-state index in [9.17, 15) is 13.6 Å². The predicted octanol–water partition coefficient (Wildman–Crippen LogP) is 1.40. The van der Waals surface area contributed by atoms with Crippen LogP contribution in [0.5, 0.6) is 0 Å². The first kappa shape index (κ1) is 12.9. The van der Waals surface area contributed by atoms with Gasteiger partial charge in [-0.1, -0.05) is 0 Å². The number of nitrogens with one attached hydrogen (secondary N) is 1. The van der Waals surface area contributed by atoms with Gasteiger partial charge in [-0.25, -0.2) is 18.6 Å². The fourth-order valence-electron chi connectivity index (χ4n) is 1.50. The number of carboxylic acids is 1. The molecule has 0 aliphatic heterocycles. The zero-order chi connectivity index (χ0) is 14.0. The van der Waals surface area contributed by atoms with E-state index in [2.05, 4.69) is 15.4 Å². The Kier molecular flexibility index (Phi) is 3.41. The lowest BCUT2D eigenvalue weighted by Gasteiger charge is -2.07. The highest BCUT2D eigenvalue weighted by atomic mass is 19.1. The third-order valence-electron chi connectivity index (χ3n) is 2.36. The minimum Gasteiger partial charge on any atom is -0.478 e. The van der Waals surface area contributed by atoms with Gasteiger partial charge in [-0.3, -0.25) is 4.68 Å². The molecule has 1 aromatic carbocycles. The van der Waals surface area contributed by atoms with Crippen LogP contribution >= 0.6 is 0 Å². The number of anilines is 1. The Morgan fingerprint density at radius 1 is 1.42 bits per heavy atom. The lowest BCUT2D eigenvalue weighted by atomic mass is 10.2. The normalized spacial score (nSPS) is 10.5. The molecule has 0 atom stereocenters. The molecule has 19 heavy (non-hydrogen) atoms. The van der Waals surface area contributed by atoms with Gasteiger partial charge in [-0.15, -0.1) is 0 Å². The SMILES string of the molecule is Cn1cnc(CNc2c(F)cc(C(=O)O)cc2F)n1. The number of halogens is 2. The summed E-state index contributed by atoms with van der Waals surface area (Å²) in [5.41, 5.74) is -0.853. The van der Waals surface area contributed by atoms with Gasteiger partial charge in [0.25, 0.3) is 0 Å². The van der Waals surface area contributed by atoms with Crippen molar-refractivity contribution in [3.8, 4) is 0 Å². The minimum atomic E-state index is -1.39. The van der Waals surface area contributed by atoms with Crippen LogP contribution in [0, 0.1) is 11.6 Å². The van der Waals surface area contributed by atoms with E-state index in [4.69, 9.17) is 5.11 Å². The van der Waals surface area contributed by atoms with Gasteiger partial charge in [0.2, 0.25) is 0 Å². The van der Waals surface area contributed by atoms with Crippen LogP contribution in [0.1, 0.15) is 16.2 Å². The maximum atomic E-state index is 13.6. The maximum Gasteiger partial charge on any atom is 0.335 e. The summed E-state index contributed by atoms with van der Waals surface area (Å²) < 4.78 is 28.6. The van der Waals surface area contributed by atoms with Crippen LogP contribution in [-0.4, -0.2) is 25.8 Å². The lowest BCUT2D eigenvalue weighted by Crippen LogP contribution is -2.08. The van der Waals surface area contributed by atoms with Crippen LogP contribution in [0.4, 0.5) is 14.5 Å². The lowest BCUT2D eigenvalue weighted by molar-refractivity contribution is 0.0696. The van der Waals surface area contributed by atoms with E-state index >= 15 is 0 Å². The molecule has 2 aromatic rings. The number of rotatable bonds is 4. The Hall–Kier alpha value is -2.51. The summed E-state index contributed by atoms with van der Waals surface area (Å²) in [6.45, 7) is 0.0289. The average molecular weight is 268 g/mol. The third-order valence-corrected chi connectivity index (χ3v) is 2.36. The van der Waals surface area contributed by atoms with E-state index in [-0.39, 0.29) is 6.54 Å². The van der Waals surface area contributed by atoms with Crippen molar-refractivity contribution < 1.29 is 18.7 Å². The predicted molar refractivity (Wildman–Crippen MR) is 61.6 cm³/mol. The first-order valence-corrected chi connectivity index (χ1v) is 5.28. The molecule has 0 spiro atoms. The Morgan fingerprint density at radius 3 is 2.53 bits per heavy atom. The molecule has 2 N–H and O–H groups in total. The Balaban J connectivity index is 2.18. The molecule has 0 saturated carbocycles. The summed E-state index contributed by atoms with van der Waals surface area (Å²) in [6, 6.07) is 1.50. The molecule has 1 aromatic heterocycles. The molecule has 0 fully saturated rings. The summed E-state index contributed by atoms with van der Waals surface area (Å²) in [4.78, 5) is 14.5. The number of aryl methyl sites for hydroxylation is 1. The topological polar surface area (TPSA) is 80.0 Å².